The van der Waals surface area contributed by atoms with Crippen molar-refractivity contribution < 1.29 is 57.5 Å². The average Bonchev–Trinajstić information content (AvgIpc) is 0.894. The van der Waals surface area contributed by atoms with Crippen LogP contribution < -0.4 is 87.2 Å². The van der Waals surface area contributed by atoms with Crippen LogP contribution in [0.15, 0.2) is 212 Å². The van der Waals surface area contributed by atoms with Crippen molar-refractivity contribution in [3.05, 3.63) is 251 Å². The van der Waals surface area contributed by atoms with Crippen LogP contribution in [-0.2, 0) is 102 Å². The Morgan fingerprint density at radius 1 is 0.203 bits per heavy atom. The normalized spacial score (nSPS) is 13.7. The third-order valence-electron chi connectivity index (χ3n) is 22.1. The van der Waals surface area contributed by atoms with Gasteiger partial charge in [-0.05, 0) is 161 Å². The van der Waals surface area contributed by atoms with Crippen LogP contribution in [-0.4, -0.2) is 164 Å². The first-order chi connectivity index (χ1) is 61.9. The summed E-state index contributed by atoms with van der Waals surface area (Å²) in [6, 6.07) is 58.5. The standard InChI is InChI=1S/C100H138N16O12/c1-71(117)106-84(54-73-33-11-3-12-34-73)65-95(123)107-80(46-24-28-50-102)62-93(121)113-88(58-77-41-19-7-20-42-77)69-99(127)116-87(57-76-39-17-6-18-40-76)68-98(126)110-81(47-25-29-51-103)63-92(120)112-85(55-74-35-13-4-14-36-74)66-96(124)109-82(48-26-30-52-104)64-94(122)114-89(59-78-43-21-8-22-44-78)70-100(128)115-86(56-75-37-15-5-16-38-75)67-97(125)108-79(45-23-27-49-101)61-91(119)111-83(60-90(105)118)53-72-31-9-2-10-32-72/h2-22,31-44,79-89H,23-30,45-70,101-104H2,1H3,(H2,105,118)(H,106,117)(H,107,123)(H,108,125)(H,109,124)(H,110,126)(H,111,119)(H,112,120)(H,113,121)(H,114,122)(H,115,128)(H,116,127)/t79-,80-,81-,82-,83-,84-,85-,86-,87-,88-,89-/m0/s1. The van der Waals surface area contributed by atoms with Gasteiger partial charge >= 0.3 is 0 Å². The monoisotopic (exact) mass is 1760 g/mol. The van der Waals surface area contributed by atoms with E-state index in [1.807, 2.05) is 212 Å². The Hall–Kier alpha value is -12.0. The van der Waals surface area contributed by atoms with E-state index < -0.39 is 120 Å². The van der Waals surface area contributed by atoms with Crippen molar-refractivity contribution >= 4 is 70.9 Å². The van der Waals surface area contributed by atoms with E-state index in [1.165, 1.54) is 6.92 Å². The summed E-state index contributed by atoms with van der Waals surface area (Å²) in [5.41, 5.74) is 35.5. The zero-order valence-electron chi connectivity index (χ0n) is 74.4. The van der Waals surface area contributed by atoms with Crippen molar-refractivity contribution in [1.29, 1.82) is 0 Å². The number of hydrogen-bond donors (Lipinski definition) is 16. The molecule has 128 heavy (non-hydrogen) atoms. The second-order valence-corrected chi connectivity index (χ2v) is 33.7. The molecule has 0 unspecified atom stereocenters. The Labute approximate surface area is 755 Å². The number of carbonyl (C=O) groups is 12. The quantitative estimate of drug-likeness (QED) is 0.0166. The Morgan fingerprint density at radius 2 is 0.344 bits per heavy atom. The minimum Gasteiger partial charge on any atom is -0.370 e. The fourth-order valence-corrected chi connectivity index (χ4v) is 16.2. The molecule has 0 bridgehead atoms. The van der Waals surface area contributed by atoms with Crippen LogP contribution in [0, 0.1) is 0 Å². The van der Waals surface area contributed by atoms with E-state index in [1.54, 1.807) is 0 Å². The summed E-state index contributed by atoms with van der Waals surface area (Å²) >= 11 is 0. The minimum atomic E-state index is -0.766. The highest BCUT2D eigenvalue weighted by Gasteiger charge is 2.31. The Balaban J connectivity index is 1.01. The number of benzene rings is 7. The molecule has 0 aliphatic rings. The number of nitrogens with one attached hydrogen (secondary N) is 11. The van der Waals surface area contributed by atoms with Crippen LogP contribution in [0.25, 0.3) is 0 Å². The molecule has 7 rings (SSSR count). The van der Waals surface area contributed by atoms with Gasteiger partial charge in [0.1, 0.15) is 0 Å². The number of rotatable bonds is 63. The van der Waals surface area contributed by atoms with Crippen molar-refractivity contribution in [2.45, 2.75) is 266 Å². The van der Waals surface area contributed by atoms with Crippen LogP contribution in [0.2, 0.25) is 0 Å². The fraction of sp³-hybridized carbons (Fsp3) is 0.460. The number of primary amides is 1. The van der Waals surface area contributed by atoms with Crippen molar-refractivity contribution in [1.82, 2.24) is 58.5 Å². The summed E-state index contributed by atoms with van der Waals surface area (Å²) in [4.78, 5) is 168. The van der Waals surface area contributed by atoms with Gasteiger partial charge in [-0.15, -0.1) is 0 Å². The van der Waals surface area contributed by atoms with E-state index in [2.05, 4.69) is 58.5 Å². The van der Waals surface area contributed by atoms with Gasteiger partial charge in [-0.2, -0.15) is 0 Å². The molecule has 0 aliphatic heterocycles. The first-order valence-corrected chi connectivity index (χ1v) is 45.5. The highest BCUT2D eigenvalue weighted by molar-refractivity contribution is 5.86. The Kier molecular flexibility index (Phi) is 48.2. The zero-order chi connectivity index (χ0) is 91.9. The highest BCUT2D eigenvalue weighted by atomic mass is 16.2. The number of amides is 12. The maximum Gasteiger partial charge on any atom is 0.222 e. The van der Waals surface area contributed by atoms with Gasteiger partial charge in [-0.1, -0.05) is 238 Å². The molecule has 28 heteroatoms. The molecule has 7 aromatic rings. The molecule has 0 saturated heterocycles. The lowest BCUT2D eigenvalue weighted by Crippen LogP contribution is -2.48. The van der Waals surface area contributed by atoms with Gasteiger partial charge in [0.05, 0.1) is 0 Å². The largest absolute Gasteiger partial charge is 0.370 e. The second-order valence-electron chi connectivity index (χ2n) is 33.7. The number of hydrogen-bond acceptors (Lipinski definition) is 16. The topological polar surface area (TPSA) is 467 Å². The molecule has 0 fully saturated rings. The molecule has 0 saturated carbocycles. The van der Waals surface area contributed by atoms with Crippen LogP contribution in [0.1, 0.15) is 194 Å². The molecule has 21 N–H and O–H groups in total. The van der Waals surface area contributed by atoms with Crippen molar-refractivity contribution in [3.8, 4) is 0 Å². The van der Waals surface area contributed by atoms with Crippen LogP contribution in [0.3, 0.4) is 0 Å². The molecule has 0 heterocycles. The van der Waals surface area contributed by atoms with Gasteiger partial charge in [0.25, 0.3) is 0 Å². The van der Waals surface area contributed by atoms with Gasteiger partial charge in [0.15, 0.2) is 0 Å². The second kappa shape index (κ2) is 59.9. The predicted octanol–water partition coefficient (Wildman–Crippen LogP) is 7.33. The lowest BCUT2D eigenvalue weighted by molar-refractivity contribution is -0.128. The van der Waals surface area contributed by atoms with Gasteiger partial charge in [0, 0.05) is 144 Å². The molecule has 690 valence electrons. The molecular formula is C100H138N16O12. The summed E-state index contributed by atoms with van der Waals surface area (Å²) in [5.74, 6) is -4.96. The lowest BCUT2D eigenvalue weighted by atomic mass is 9.99. The first-order valence-electron chi connectivity index (χ1n) is 45.5. The number of nitrogens with two attached hydrogens (primary N) is 5. The van der Waals surface area contributed by atoms with Crippen LogP contribution in [0.5, 0.6) is 0 Å². The van der Waals surface area contributed by atoms with Gasteiger partial charge in [0.2, 0.25) is 70.9 Å². The van der Waals surface area contributed by atoms with Gasteiger partial charge in [-0.3, -0.25) is 57.5 Å². The third kappa shape index (κ3) is 44.9. The van der Waals surface area contributed by atoms with E-state index in [9.17, 15) is 57.5 Å². The summed E-state index contributed by atoms with van der Waals surface area (Å²) < 4.78 is 0. The fourth-order valence-electron chi connectivity index (χ4n) is 16.2. The molecule has 28 nitrogen and oxygen atoms in total. The highest BCUT2D eigenvalue weighted by Crippen LogP contribution is 2.20. The molecular weight excluding hydrogens is 1620 g/mol. The molecule has 0 radical (unpaired) electrons. The smallest absolute Gasteiger partial charge is 0.222 e. The van der Waals surface area contributed by atoms with Crippen LogP contribution in [0.4, 0.5) is 0 Å². The SMILES string of the molecule is CC(=O)N[C@H](CC(=O)N[C@@H](CCCCN)CC(=O)N[C@H](CC(=O)N[C@H](CC(=O)N[C@@H](CCCCN)CC(=O)N[C@H](CC(=O)N[C@@H](CCCCN)CC(=O)N[C@H](CC(=O)N[C@H](CC(=O)N[C@@H](CCCCN)CC(=O)N[C@H](CC(N)=O)Cc1ccccc1)Cc1ccccc1)Cc1ccccc1)Cc1ccccc1)Cc1ccccc1)Cc1ccccc1)Cc1ccccc1. The summed E-state index contributed by atoms with van der Waals surface area (Å²) in [6.07, 6.45) is 7.14. The van der Waals surface area contributed by atoms with Crippen LogP contribution >= 0.6 is 0 Å². The lowest BCUT2D eigenvalue weighted by Gasteiger charge is -2.26. The minimum absolute atomic E-state index is 0.0226. The molecule has 11 atom stereocenters. The summed E-state index contributed by atoms with van der Waals surface area (Å²) in [6.45, 7) is 2.97. The summed E-state index contributed by atoms with van der Waals surface area (Å²) in [5, 5.41) is 33.7. The third-order valence-corrected chi connectivity index (χ3v) is 22.1. The van der Waals surface area contributed by atoms with E-state index >= 15 is 0 Å². The zero-order valence-corrected chi connectivity index (χ0v) is 74.4. The van der Waals surface area contributed by atoms with E-state index in [-0.39, 0.29) is 120 Å². The number of unbranched alkanes of at least 4 members (excludes halogenated alkanes) is 4. The number of carbonyl (C=O) groups excluding carboxylic acids is 12. The summed E-state index contributed by atoms with van der Waals surface area (Å²) in [7, 11) is 0. The molecule has 7 aromatic carbocycles. The maximum absolute atomic E-state index is 14.6. The van der Waals surface area contributed by atoms with E-state index in [0.717, 1.165) is 38.9 Å². The van der Waals surface area contributed by atoms with E-state index in [4.69, 9.17) is 28.7 Å². The predicted molar refractivity (Wildman–Crippen MR) is 500 cm³/mol. The molecule has 0 spiro atoms. The molecule has 0 aromatic heterocycles. The average molecular weight is 1760 g/mol. The van der Waals surface area contributed by atoms with Crippen molar-refractivity contribution in [3.63, 3.8) is 0 Å². The van der Waals surface area contributed by atoms with E-state index in [0.29, 0.717) is 116 Å². The first kappa shape index (κ1) is 103. The van der Waals surface area contributed by atoms with Crippen molar-refractivity contribution in [2.75, 3.05) is 26.2 Å². The Bertz CT molecular complexity index is 4190. The Morgan fingerprint density at radius 3 is 0.492 bits per heavy atom. The van der Waals surface area contributed by atoms with Gasteiger partial charge < -0.3 is 87.2 Å². The maximum atomic E-state index is 14.6. The van der Waals surface area contributed by atoms with Gasteiger partial charge in [-0.25, -0.2) is 0 Å². The molecule has 0 aliphatic carbocycles. The van der Waals surface area contributed by atoms with Crippen molar-refractivity contribution in [2.24, 2.45) is 28.7 Å². The molecule has 12 amide bonds.